The fraction of sp³-hybridized carbons (Fsp3) is 0. The zero-order chi connectivity index (χ0) is 13.1. The molecule has 2 N–H and O–H groups in total. The third-order valence-corrected chi connectivity index (χ3v) is 1.78. The highest BCUT2D eigenvalue weighted by Gasteiger charge is 2.23. The van der Waals surface area contributed by atoms with E-state index in [2.05, 4.69) is 30.1 Å². The third kappa shape index (κ3) is 1.85. The SMILES string of the molecule is [N-]=[N+]=Nc1nccnc1-n1nc([N+](=O)[O-])nc1N. The van der Waals surface area contributed by atoms with Gasteiger partial charge in [-0.15, -0.1) is 0 Å². The molecule has 12 heteroatoms. The minimum atomic E-state index is -0.809. The number of hydrogen-bond donors (Lipinski definition) is 1. The molecule has 0 aliphatic rings. The zero-order valence-electron chi connectivity index (χ0n) is 8.57. The van der Waals surface area contributed by atoms with Crippen LogP contribution in [-0.4, -0.2) is 29.7 Å². The molecule has 0 fully saturated rings. The summed E-state index contributed by atoms with van der Waals surface area (Å²) >= 11 is 0. The van der Waals surface area contributed by atoms with Crippen molar-refractivity contribution in [3.05, 3.63) is 33.0 Å². The predicted molar refractivity (Wildman–Crippen MR) is 56.8 cm³/mol. The Hall–Kier alpha value is -3.27. The maximum atomic E-state index is 10.5. The molecule has 0 atom stereocenters. The molecule has 0 saturated heterocycles. The lowest BCUT2D eigenvalue weighted by Crippen LogP contribution is -2.05. The topological polar surface area (TPSA) is 174 Å². The molecule has 0 radical (unpaired) electrons. The van der Waals surface area contributed by atoms with E-state index in [4.69, 9.17) is 11.3 Å². The van der Waals surface area contributed by atoms with Crippen LogP contribution in [0.4, 0.5) is 17.7 Å². The zero-order valence-corrected chi connectivity index (χ0v) is 8.57. The van der Waals surface area contributed by atoms with E-state index in [-0.39, 0.29) is 17.6 Å². The molecular weight excluding hydrogens is 244 g/mol. The Labute approximate surface area is 97.9 Å². The molecule has 0 aromatic carbocycles. The van der Waals surface area contributed by atoms with E-state index in [0.717, 1.165) is 4.68 Å². The van der Waals surface area contributed by atoms with Crippen LogP contribution in [0.15, 0.2) is 17.5 Å². The molecule has 2 aromatic rings. The molecule has 0 aliphatic carbocycles. The van der Waals surface area contributed by atoms with E-state index >= 15 is 0 Å². The molecule has 0 spiro atoms. The van der Waals surface area contributed by atoms with Crippen LogP contribution < -0.4 is 5.73 Å². The number of aromatic nitrogens is 5. The Morgan fingerprint density at radius 3 is 2.83 bits per heavy atom. The first-order valence-corrected chi connectivity index (χ1v) is 4.37. The second-order valence-corrected chi connectivity index (χ2v) is 2.83. The van der Waals surface area contributed by atoms with Gasteiger partial charge in [0.25, 0.3) is 0 Å². The summed E-state index contributed by atoms with van der Waals surface area (Å²) in [6.07, 6.45) is 2.58. The fourth-order valence-corrected chi connectivity index (χ4v) is 1.13. The van der Waals surface area contributed by atoms with Crippen molar-refractivity contribution in [3.8, 4) is 5.82 Å². The summed E-state index contributed by atoms with van der Waals surface area (Å²) in [5.74, 6) is -1.12. The number of nitrogen functional groups attached to an aromatic ring is 1. The van der Waals surface area contributed by atoms with Gasteiger partial charge in [0.05, 0.1) is 0 Å². The summed E-state index contributed by atoms with van der Waals surface area (Å²) < 4.78 is 0.870. The van der Waals surface area contributed by atoms with Gasteiger partial charge in [-0.1, -0.05) is 4.68 Å². The quantitative estimate of drug-likeness (QED) is 0.270. The molecule has 12 nitrogen and oxygen atoms in total. The second kappa shape index (κ2) is 4.31. The van der Waals surface area contributed by atoms with Crippen LogP contribution in [0, 0.1) is 10.1 Å². The lowest BCUT2D eigenvalue weighted by Gasteiger charge is -1.98. The van der Waals surface area contributed by atoms with Crippen LogP contribution in [0.3, 0.4) is 0 Å². The van der Waals surface area contributed by atoms with Gasteiger partial charge in [0.2, 0.25) is 5.82 Å². The van der Waals surface area contributed by atoms with Crippen LogP contribution in [0.25, 0.3) is 16.3 Å². The van der Waals surface area contributed by atoms with E-state index in [9.17, 15) is 10.1 Å². The Bertz CT molecular complexity index is 656. The van der Waals surface area contributed by atoms with Crippen LogP contribution in [-0.2, 0) is 0 Å². The molecule has 2 aromatic heterocycles. The minimum absolute atomic E-state index is 0.0478. The van der Waals surface area contributed by atoms with Gasteiger partial charge in [-0.25, -0.2) is 9.97 Å². The van der Waals surface area contributed by atoms with E-state index in [1.807, 2.05) is 0 Å². The molecule has 2 rings (SSSR count). The maximum absolute atomic E-state index is 10.5. The average molecular weight is 248 g/mol. The minimum Gasteiger partial charge on any atom is -0.390 e. The largest absolute Gasteiger partial charge is 0.493 e. The van der Waals surface area contributed by atoms with Crippen molar-refractivity contribution >= 4 is 17.7 Å². The summed E-state index contributed by atoms with van der Waals surface area (Å²) in [7, 11) is 0. The first-order chi connectivity index (χ1) is 8.63. The Balaban J connectivity index is 2.61. The average Bonchev–Trinajstić information content (AvgIpc) is 2.73. The number of azide groups is 1. The number of rotatable bonds is 3. The van der Waals surface area contributed by atoms with Crippen LogP contribution in [0.5, 0.6) is 0 Å². The first-order valence-electron chi connectivity index (χ1n) is 4.37. The van der Waals surface area contributed by atoms with Gasteiger partial charge >= 0.3 is 11.9 Å². The summed E-state index contributed by atoms with van der Waals surface area (Å²) in [5, 5.41) is 17.3. The van der Waals surface area contributed by atoms with E-state index in [0.29, 0.717) is 0 Å². The summed E-state index contributed by atoms with van der Waals surface area (Å²) in [5.41, 5.74) is 13.8. The number of anilines is 1. The van der Waals surface area contributed by atoms with Crippen molar-refractivity contribution in [3.63, 3.8) is 0 Å². The number of nitrogens with two attached hydrogens (primary N) is 1. The molecular formula is C6H4N10O2. The molecule has 0 aliphatic heterocycles. The second-order valence-electron chi connectivity index (χ2n) is 2.83. The van der Waals surface area contributed by atoms with Crippen molar-refractivity contribution in [1.82, 2.24) is 24.7 Å². The van der Waals surface area contributed by atoms with Gasteiger partial charge < -0.3 is 15.8 Å². The molecule has 0 saturated carbocycles. The Morgan fingerprint density at radius 1 is 1.50 bits per heavy atom. The van der Waals surface area contributed by atoms with Gasteiger partial charge in [0.15, 0.2) is 5.82 Å². The normalized spacial score (nSPS) is 9.78. The smallest absolute Gasteiger partial charge is 0.390 e. The van der Waals surface area contributed by atoms with Crippen LogP contribution in [0.1, 0.15) is 0 Å². The lowest BCUT2D eigenvalue weighted by atomic mass is 10.6. The maximum Gasteiger partial charge on any atom is 0.493 e. The fourth-order valence-electron chi connectivity index (χ4n) is 1.13. The van der Waals surface area contributed by atoms with Crippen LogP contribution in [0.2, 0.25) is 0 Å². The van der Waals surface area contributed by atoms with Gasteiger partial charge in [-0.3, -0.25) is 0 Å². The van der Waals surface area contributed by atoms with Gasteiger partial charge in [-0.05, 0) is 20.6 Å². The monoisotopic (exact) mass is 248 g/mol. The van der Waals surface area contributed by atoms with E-state index in [1.165, 1.54) is 12.4 Å². The molecule has 0 amide bonds. The summed E-state index contributed by atoms with van der Waals surface area (Å²) in [6.45, 7) is 0. The number of nitro groups is 1. The van der Waals surface area contributed by atoms with E-state index in [1.54, 1.807) is 0 Å². The molecule has 18 heavy (non-hydrogen) atoms. The van der Waals surface area contributed by atoms with Gasteiger partial charge in [-0.2, -0.15) is 0 Å². The molecule has 2 heterocycles. The number of nitrogens with zero attached hydrogens (tertiary/aromatic N) is 9. The van der Waals surface area contributed by atoms with Crippen molar-refractivity contribution in [2.24, 2.45) is 5.11 Å². The molecule has 0 unspecified atom stereocenters. The summed E-state index contributed by atoms with van der Waals surface area (Å²) in [6, 6.07) is 0. The van der Waals surface area contributed by atoms with Crippen molar-refractivity contribution in [2.75, 3.05) is 5.73 Å². The van der Waals surface area contributed by atoms with Crippen molar-refractivity contribution in [2.45, 2.75) is 0 Å². The third-order valence-electron chi connectivity index (χ3n) is 1.78. The van der Waals surface area contributed by atoms with Gasteiger partial charge in [0, 0.05) is 22.4 Å². The highest BCUT2D eigenvalue weighted by atomic mass is 16.6. The van der Waals surface area contributed by atoms with E-state index < -0.39 is 10.9 Å². The highest BCUT2D eigenvalue weighted by Crippen LogP contribution is 2.20. The Morgan fingerprint density at radius 2 is 2.22 bits per heavy atom. The van der Waals surface area contributed by atoms with Crippen LogP contribution >= 0.6 is 0 Å². The summed E-state index contributed by atoms with van der Waals surface area (Å²) in [4.78, 5) is 23.2. The first kappa shape index (κ1) is 11.2. The predicted octanol–water partition coefficient (Wildman–Crippen LogP) is 0.489. The van der Waals surface area contributed by atoms with Crippen molar-refractivity contribution < 1.29 is 4.92 Å². The lowest BCUT2D eigenvalue weighted by molar-refractivity contribution is -0.394. The standard InChI is InChI=1S/C6H4N10O2/c7-5-11-6(16(17)18)13-15(5)4-3(12-14-8)9-1-2-10-4/h1-2H,(H2,7,11,13). The molecule has 90 valence electrons. The van der Waals surface area contributed by atoms with Crippen molar-refractivity contribution in [1.29, 1.82) is 0 Å². The highest BCUT2D eigenvalue weighted by molar-refractivity contribution is 5.48. The Kier molecular flexibility index (Phi) is 2.68. The van der Waals surface area contributed by atoms with Gasteiger partial charge in [0.1, 0.15) is 0 Å². The number of hydrogen-bond acceptors (Lipinski definition) is 8. The molecule has 0 bridgehead atoms.